The molecule has 2 amide bonds. The number of nitrogens with one attached hydrogen (secondary N) is 2. The number of urea groups is 1. The number of amides is 2. The predicted octanol–water partition coefficient (Wildman–Crippen LogP) is 7.09. The monoisotopic (exact) mass is 488 g/mol. The van der Waals surface area contributed by atoms with E-state index in [2.05, 4.69) is 41.4 Å². The van der Waals surface area contributed by atoms with E-state index in [4.69, 9.17) is 9.47 Å². The van der Waals surface area contributed by atoms with E-state index in [1.54, 1.807) is 19.4 Å². The van der Waals surface area contributed by atoms with E-state index in [9.17, 15) is 4.79 Å². The molecule has 8 heteroatoms. The summed E-state index contributed by atoms with van der Waals surface area (Å²) in [6.07, 6.45) is 3.58. The zero-order valence-electron chi connectivity index (χ0n) is 20.4. The number of anilines is 2. The zero-order valence-corrected chi connectivity index (χ0v) is 21.2. The molecule has 0 unspecified atom stereocenters. The Bertz CT molecular complexity index is 1370. The van der Waals surface area contributed by atoms with Gasteiger partial charge in [-0.2, -0.15) is 4.98 Å². The number of hydrogen-bond acceptors (Lipinski definition) is 6. The first kappa shape index (κ1) is 24.3. The summed E-state index contributed by atoms with van der Waals surface area (Å²) in [5.74, 6) is 1.69. The highest BCUT2D eigenvalue weighted by molar-refractivity contribution is 7.98. The second-order valence-corrected chi connectivity index (χ2v) is 9.66. The minimum absolute atomic E-state index is 0.0640. The summed E-state index contributed by atoms with van der Waals surface area (Å²) in [4.78, 5) is 21.5. The average Bonchev–Trinajstić information content (AvgIpc) is 2.85. The van der Waals surface area contributed by atoms with Crippen molar-refractivity contribution in [1.29, 1.82) is 0 Å². The van der Waals surface area contributed by atoms with E-state index in [1.165, 1.54) is 11.8 Å². The summed E-state index contributed by atoms with van der Waals surface area (Å²) in [6.45, 7) is 6.37. The molecule has 0 aliphatic rings. The number of carbonyl (C=O) groups excluding carboxylic acids is 1. The molecule has 35 heavy (non-hydrogen) atoms. The van der Waals surface area contributed by atoms with Gasteiger partial charge in [-0.1, -0.05) is 62.9 Å². The predicted molar refractivity (Wildman–Crippen MR) is 142 cm³/mol. The first-order valence-corrected chi connectivity index (χ1v) is 12.3. The summed E-state index contributed by atoms with van der Waals surface area (Å²) >= 11 is 1.45. The molecule has 1 heterocycles. The van der Waals surface area contributed by atoms with Gasteiger partial charge in [0.05, 0.1) is 18.5 Å². The van der Waals surface area contributed by atoms with Crippen molar-refractivity contribution in [3.8, 4) is 17.4 Å². The van der Waals surface area contributed by atoms with E-state index in [1.807, 2.05) is 60.9 Å². The Morgan fingerprint density at radius 2 is 1.63 bits per heavy atom. The molecule has 0 saturated carbocycles. The van der Waals surface area contributed by atoms with E-state index >= 15 is 0 Å². The van der Waals surface area contributed by atoms with Crippen LogP contribution in [0.2, 0.25) is 0 Å². The summed E-state index contributed by atoms with van der Waals surface area (Å²) in [5, 5.41) is 8.21. The Labute approximate surface area is 209 Å². The normalized spacial score (nSPS) is 11.2. The van der Waals surface area contributed by atoms with Crippen LogP contribution < -0.4 is 20.1 Å². The Kier molecular flexibility index (Phi) is 7.12. The number of benzene rings is 3. The lowest BCUT2D eigenvalue weighted by molar-refractivity contribution is 0.262. The molecular weight excluding hydrogens is 460 g/mol. The Morgan fingerprint density at radius 3 is 2.34 bits per heavy atom. The quantitative estimate of drug-likeness (QED) is 0.222. The van der Waals surface area contributed by atoms with Crippen LogP contribution in [0.25, 0.3) is 10.8 Å². The lowest BCUT2D eigenvalue weighted by Crippen LogP contribution is -2.21. The fourth-order valence-electron chi connectivity index (χ4n) is 3.61. The lowest BCUT2D eigenvalue weighted by Gasteiger charge is -2.21. The van der Waals surface area contributed by atoms with E-state index in [-0.39, 0.29) is 11.4 Å². The van der Waals surface area contributed by atoms with Crippen LogP contribution in [0.3, 0.4) is 0 Å². The van der Waals surface area contributed by atoms with Crippen LogP contribution in [0.4, 0.5) is 16.2 Å². The minimum atomic E-state index is -0.367. The van der Waals surface area contributed by atoms with Crippen molar-refractivity contribution in [3.05, 3.63) is 72.4 Å². The summed E-state index contributed by atoms with van der Waals surface area (Å²) in [6, 6.07) is 18.5. The molecule has 2 N–H and O–H groups in total. The van der Waals surface area contributed by atoms with Gasteiger partial charge in [0.1, 0.15) is 11.5 Å². The van der Waals surface area contributed by atoms with Gasteiger partial charge in [0.25, 0.3) is 0 Å². The lowest BCUT2D eigenvalue weighted by atomic mass is 9.87. The molecule has 1 aromatic heterocycles. The Hall–Kier alpha value is -3.78. The van der Waals surface area contributed by atoms with E-state index in [0.717, 1.165) is 16.3 Å². The van der Waals surface area contributed by atoms with Gasteiger partial charge in [0.2, 0.25) is 5.88 Å². The number of aromatic nitrogens is 2. The number of ether oxygens (including phenoxy) is 2. The smallest absolute Gasteiger partial charge is 0.323 e. The first-order chi connectivity index (χ1) is 16.8. The highest BCUT2D eigenvalue weighted by Gasteiger charge is 2.18. The van der Waals surface area contributed by atoms with Gasteiger partial charge in [0.15, 0.2) is 5.16 Å². The molecule has 0 saturated heterocycles. The maximum atomic E-state index is 13.0. The highest BCUT2D eigenvalue weighted by atomic mass is 32.2. The van der Waals surface area contributed by atoms with Gasteiger partial charge in [-0.15, -0.1) is 0 Å². The molecule has 0 bridgehead atoms. The summed E-state index contributed by atoms with van der Waals surface area (Å²) in [5.41, 5.74) is 2.29. The third-order valence-corrected chi connectivity index (χ3v) is 6.01. The van der Waals surface area contributed by atoms with Crippen LogP contribution in [0.5, 0.6) is 17.4 Å². The summed E-state index contributed by atoms with van der Waals surface area (Å²) in [7, 11) is 1.58. The molecular formula is C27H28N4O3S. The molecule has 180 valence electrons. The number of thioether (sulfide) groups is 1. The van der Waals surface area contributed by atoms with Crippen molar-refractivity contribution >= 4 is 39.9 Å². The topological polar surface area (TPSA) is 85.4 Å². The van der Waals surface area contributed by atoms with Crippen LogP contribution in [0, 0.1) is 0 Å². The zero-order chi connectivity index (χ0) is 25.0. The van der Waals surface area contributed by atoms with Gasteiger partial charge in [-0.05, 0) is 41.5 Å². The van der Waals surface area contributed by atoms with Gasteiger partial charge < -0.3 is 20.1 Å². The maximum absolute atomic E-state index is 13.0. The van der Waals surface area contributed by atoms with Crippen molar-refractivity contribution in [3.63, 3.8) is 0 Å². The van der Waals surface area contributed by atoms with E-state index in [0.29, 0.717) is 33.9 Å². The maximum Gasteiger partial charge on any atom is 0.323 e. The second kappa shape index (κ2) is 10.2. The number of methoxy groups -OCH3 is 1. The fraction of sp³-hybridized carbons (Fsp3) is 0.222. The standard InChI is InChI=1S/C27H28N4O3S/c1-27(2,3)17-10-12-23(33-4)21(16-17)30-25(32)29-20-11-13-22(19-9-7-6-8-18(19)20)34-24-14-15-28-26(31-24)35-5/h6-16H,1-5H3,(H2,29,30,32). The third-order valence-electron chi connectivity index (χ3n) is 5.45. The number of nitrogens with zero attached hydrogens (tertiary/aromatic N) is 2. The molecule has 0 atom stereocenters. The van der Waals surface area contributed by atoms with Crippen molar-refractivity contribution in [2.75, 3.05) is 24.0 Å². The van der Waals surface area contributed by atoms with Crippen molar-refractivity contribution in [2.45, 2.75) is 31.3 Å². The summed E-state index contributed by atoms with van der Waals surface area (Å²) < 4.78 is 11.5. The van der Waals surface area contributed by atoms with E-state index < -0.39 is 0 Å². The molecule has 0 aliphatic carbocycles. The number of carbonyl (C=O) groups is 1. The molecule has 0 spiro atoms. The molecule has 0 fully saturated rings. The molecule has 7 nitrogen and oxygen atoms in total. The van der Waals surface area contributed by atoms with Gasteiger partial charge in [-0.25, -0.2) is 9.78 Å². The van der Waals surface area contributed by atoms with Crippen LogP contribution >= 0.6 is 11.8 Å². The average molecular weight is 489 g/mol. The number of rotatable bonds is 6. The van der Waals surface area contributed by atoms with Gasteiger partial charge in [-0.3, -0.25) is 0 Å². The number of hydrogen-bond donors (Lipinski definition) is 2. The van der Waals surface area contributed by atoms with Crippen LogP contribution in [-0.4, -0.2) is 29.4 Å². The highest BCUT2D eigenvalue weighted by Crippen LogP contribution is 2.35. The van der Waals surface area contributed by atoms with Crippen molar-refractivity contribution in [1.82, 2.24) is 9.97 Å². The van der Waals surface area contributed by atoms with Crippen molar-refractivity contribution < 1.29 is 14.3 Å². The van der Waals surface area contributed by atoms with Gasteiger partial charge in [0, 0.05) is 23.0 Å². The largest absolute Gasteiger partial charge is 0.495 e. The molecule has 0 radical (unpaired) electrons. The Balaban J connectivity index is 1.60. The molecule has 4 rings (SSSR count). The minimum Gasteiger partial charge on any atom is -0.495 e. The molecule has 0 aliphatic heterocycles. The number of fused-ring (bicyclic) bond motifs is 1. The SMILES string of the molecule is COc1ccc(C(C)(C)C)cc1NC(=O)Nc1ccc(Oc2ccnc(SC)n2)c2ccccc12. The van der Waals surface area contributed by atoms with Crippen LogP contribution in [-0.2, 0) is 5.41 Å². The van der Waals surface area contributed by atoms with Crippen molar-refractivity contribution in [2.24, 2.45) is 0 Å². The molecule has 3 aromatic carbocycles. The Morgan fingerprint density at radius 1 is 0.914 bits per heavy atom. The first-order valence-electron chi connectivity index (χ1n) is 11.1. The van der Waals surface area contributed by atoms with Crippen LogP contribution in [0.1, 0.15) is 26.3 Å². The molecule has 4 aromatic rings. The fourth-order valence-corrected chi connectivity index (χ4v) is 3.96. The third kappa shape index (κ3) is 5.66. The second-order valence-electron chi connectivity index (χ2n) is 8.88. The van der Waals surface area contributed by atoms with Gasteiger partial charge >= 0.3 is 6.03 Å². The van der Waals surface area contributed by atoms with Crippen LogP contribution in [0.15, 0.2) is 72.0 Å².